The standard InChI is InChI=1S/C19H27N3O4/c1-3-20-19(22-10-7-15(8-11-22)18(23)24-2)21-9-6-14-4-5-16-17(12-14)26-13-25-16/h4-5,12,15H,3,6-11,13H2,1-2H3,(H,20,21). The number of guanidine groups is 1. The summed E-state index contributed by atoms with van der Waals surface area (Å²) in [7, 11) is 1.45. The summed E-state index contributed by atoms with van der Waals surface area (Å²) >= 11 is 0. The third kappa shape index (κ3) is 4.39. The molecule has 0 unspecified atom stereocenters. The average molecular weight is 361 g/mol. The summed E-state index contributed by atoms with van der Waals surface area (Å²) in [4.78, 5) is 18.7. The Morgan fingerprint density at radius 2 is 2.08 bits per heavy atom. The molecule has 2 aliphatic heterocycles. The van der Waals surface area contributed by atoms with Gasteiger partial charge in [-0.25, -0.2) is 0 Å². The second kappa shape index (κ2) is 8.78. The zero-order chi connectivity index (χ0) is 18.4. The van der Waals surface area contributed by atoms with Crippen molar-refractivity contribution < 1.29 is 19.0 Å². The van der Waals surface area contributed by atoms with E-state index < -0.39 is 0 Å². The van der Waals surface area contributed by atoms with Gasteiger partial charge < -0.3 is 24.4 Å². The van der Waals surface area contributed by atoms with Gasteiger partial charge in [-0.1, -0.05) is 6.07 Å². The van der Waals surface area contributed by atoms with Gasteiger partial charge in [0, 0.05) is 26.2 Å². The molecule has 0 spiro atoms. The van der Waals surface area contributed by atoms with Gasteiger partial charge in [0.2, 0.25) is 6.79 Å². The van der Waals surface area contributed by atoms with Gasteiger partial charge in [0.25, 0.3) is 0 Å². The van der Waals surface area contributed by atoms with Crippen molar-refractivity contribution in [3.05, 3.63) is 23.8 Å². The minimum Gasteiger partial charge on any atom is -0.469 e. The van der Waals surface area contributed by atoms with Gasteiger partial charge in [-0.05, 0) is 43.9 Å². The van der Waals surface area contributed by atoms with Crippen LogP contribution in [-0.2, 0) is 16.0 Å². The summed E-state index contributed by atoms with van der Waals surface area (Å²) < 4.78 is 15.6. The first-order valence-electron chi connectivity index (χ1n) is 9.21. The number of ether oxygens (including phenoxy) is 3. The highest BCUT2D eigenvalue weighted by molar-refractivity contribution is 5.80. The first-order chi connectivity index (χ1) is 12.7. The average Bonchev–Trinajstić information content (AvgIpc) is 3.15. The number of benzene rings is 1. The maximum Gasteiger partial charge on any atom is 0.308 e. The molecular formula is C19H27N3O4. The molecule has 7 heteroatoms. The lowest BCUT2D eigenvalue weighted by atomic mass is 9.97. The van der Waals surface area contributed by atoms with Crippen LogP contribution in [0.1, 0.15) is 25.3 Å². The van der Waals surface area contributed by atoms with Gasteiger partial charge >= 0.3 is 5.97 Å². The van der Waals surface area contributed by atoms with Gasteiger partial charge in [0.05, 0.1) is 13.0 Å². The van der Waals surface area contributed by atoms with Gasteiger partial charge in [0.1, 0.15) is 0 Å². The fourth-order valence-corrected chi connectivity index (χ4v) is 3.31. The van der Waals surface area contributed by atoms with Crippen LogP contribution in [0.3, 0.4) is 0 Å². The second-order valence-electron chi connectivity index (χ2n) is 6.46. The Bertz CT molecular complexity index is 654. The molecule has 142 valence electrons. The smallest absolute Gasteiger partial charge is 0.308 e. The number of hydrogen-bond acceptors (Lipinski definition) is 5. The molecular weight excluding hydrogens is 334 g/mol. The van der Waals surface area contributed by atoms with E-state index in [0.717, 1.165) is 56.4 Å². The third-order valence-corrected chi connectivity index (χ3v) is 4.76. The normalized spacial score (nSPS) is 17.3. The third-order valence-electron chi connectivity index (χ3n) is 4.76. The number of methoxy groups -OCH3 is 1. The van der Waals surface area contributed by atoms with E-state index >= 15 is 0 Å². The van der Waals surface area contributed by atoms with Crippen LogP contribution in [0.15, 0.2) is 23.2 Å². The SMILES string of the molecule is CCNC(=NCCc1ccc2c(c1)OCO2)N1CCC(C(=O)OC)CC1. The monoisotopic (exact) mass is 361 g/mol. The lowest BCUT2D eigenvalue weighted by Gasteiger charge is -2.33. The van der Waals surface area contributed by atoms with Crippen LogP contribution in [-0.4, -0.2) is 56.9 Å². The zero-order valence-electron chi connectivity index (χ0n) is 15.5. The van der Waals surface area contributed by atoms with Crippen molar-refractivity contribution in [1.82, 2.24) is 10.2 Å². The van der Waals surface area contributed by atoms with E-state index in [1.54, 1.807) is 0 Å². The Balaban J connectivity index is 1.55. The van der Waals surface area contributed by atoms with Gasteiger partial charge in [-0.3, -0.25) is 9.79 Å². The quantitative estimate of drug-likeness (QED) is 0.490. The first-order valence-corrected chi connectivity index (χ1v) is 9.21. The van der Waals surface area contributed by atoms with E-state index in [4.69, 9.17) is 19.2 Å². The van der Waals surface area contributed by atoms with Crippen molar-refractivity contribution in [2.45, 2.75) is 26.2 Å². The number of carbonyl (C=O) groups excluding carboxylic acids is 1. The number of fused-ring (bicyclic) bond motifs is 1. The molecule has 0 radical (unpaired) electrons. The van der Waals surface area contributed by atoms with Crippen LogP contribution in [0.4, 0.5) is 0 Å². The minimum atomic E-state index is -0.102. The Hall–Kier alpha value is -2.44. The summed E-state index contributed by atoms with van der Waals surface area (Å²) in [5.41, 5.74) is 1.18. The van der Waals surface area contributed by atoms with Crippen LogP contribution < -0.4 is 14.8 Å². The molecule has 0 atom stereocenters. The van der Waals surface area contributed by atoms with E-state index in [1.165, 1.54) is 12.7 Å². The molecule has 2 heterocycles. The highest BCUT2D eigenvalue weighted by Crippen LogP contribution is 2.32. The van der Waals surface area contributed by atoms with Crippen LogP contribution in [0, 0.1) is 5.92 Å². The molecule has 3 rings (SSSR count). The topological polar surface area (TPSA) is 72.4 Å². The maximum absolute atomic E-state index is 11.7. The number of carbonyl (C=O) groups is 1. The van der Waals surface area contributed by atoms with E-state index in [-0.39, 0.29) is 11.9 Å². The molecule has 0 bridgehead atoms. The van der Waals surface area contributed by atoms with E-state index in [2.05, 4.69) is 23.2 Å². The van der Waals surface area contributed by atoms with Crippen molar-refractivity contribution in [3.63, 3.8) is 0 Å². The number of nitrogens with one attached hydrogen (secondary N) is 1. The Kier molecular flexibility index (Phi) is 6.20. The Morgan fingerprint density at radius 3 is 2.81 bits per heavy atom. The van der Waals surface area contributed by atoms with Crippen molar-refractivity contribution in [2.75, 3.05) is 40.1 Å². The summed E-state index contributed by atoms with van der Waals surface area (Å²) in [5.74, 6) is 2.43. The number of piperidine rings is 1. The van der Waals surface area contributed by atoms with E-state index in [9.17, 15) is 4.79 Å². The lowest BCUT2D eigenvalue weighted by molar-refractivity contribution is -0.146. The fraction of sp³-hybridized carbons (Fsp3) is 0.579. The number of aliphatic imine (C=N–C) groups is 1. The van der Waals surface area contributed by atoms with E-state index in [0.29, 0.717) is 13.3 Å². The molecule has 0 amide bonds. The van der Waals surface area contributed by atoms with Crippen molar-refractivity contribution in [3.8, 4) is 11.5 Å². The summed E-state index contributed by atoms with van der Waals surface area (Å²) in [5, 5.41) is 3.35. The Labute approximate surface area is 154 Å². The predicted octanol–water partition coefficient (Wildman–Crippen LogP) is 1.81. The lowest BCUT2D eigenvalue weighted by Crippen LogP contribution is -2.46. The number of esters is 1. The Morgan fingerprint density at radius 1 is 1.31 bits per heavy atom. The molecule has 0 saturated carbocycles. The number of likely N-dealkylation sites (tertiary alicyclic amines) is 1. The van der Waals surface area contributed by atoms with Crippen LogP contribution in [0.25, 0.3) is 0 Å². The van der Waals surface area contributed by atoms with Crippen LogP contribution in [0.5, 0.6) is 11.5 Å². The number of nitrogens with zero attached hydrogens (tertiary/aromatic N) is 2. The molecule has 1 saturated heterocycles. The second-order valence-corrected chi connectivity index (χ2v) is 6.46. The van der Waals surface area contributed by atoms with Gasteiger partial charge in [-0.2, -0.15) is 0 Å². The highest BCUT2D eigenvalue weighted by Gasteiger charge is 2.26. The molecule has 1 aromatic rings. The fourth-order valence-electron chi connectivity index (χ4n) is 3.31. The maximum atomic E-state index is 11.7. The van der Waals surface area contributed by atoms with Crippen molar-refractivity contribution in [1.29, 1.82) is 0 Å². The van der Waals surface area contributed by atoms with Gasteiger partial charge in [0.15, 0.2) is 17.5 Å². The first kappa shape index (κ1) is 18.4. The van der Waals surface area contributed by atoms with E-state index in [1.807, 2.05) is 12.1 Å². The van der Waals surface area contributed by atoms with Crippen LogP contribution in [0.2, 0.25) is 0 Å². The molecule has 1 fully saturated rings. The summed E-state index contributed by atoms with van der Waals surface area (Å²) in [6.45, 7) is 5.50. The predicted molar refractivity (Wildman–Crippen MR) is 98.6 cm³/mol. The zero-order valence-corrected chi connectivity index (χ0v) is 15.5. The molecule has 26 heavy (non-hydrogen) atoms. The number of hydrogen-bond donors (Lipinski definition) is 1. The molecule has 1 aromatic carbocycles. The molecule has 0 aliphatic carbocycles. The number of rotatable bonds is 5. The highest BCUT2D eigenvalue weighted by atomic mass is 16.7. The van der Waals surface area contributed by atoms with Crippen molar-refractivity contribution >= 4 is 11.9 Å². The summed E-state index contributed by atoms with van der Waals surface area (Å²) in [6.07, 6.45) is 2.45. The van der Waals surface area contributed by atoms with Crippen molar-refractivity contribution in [2.24, 2.45) is 10.9 Å². The molecule has 7 nitrogen and oxygen atoms in total. The van der Waals surface area contributed by atoms with Crippen LogP contribution >= 0.6 is 0 Å². The molecule has 2 aliphatic rings. The summed E-state index contributed by atoms with van der Waals surface area (Å²) in [6, 6.07) is 6.02. The molecule has 0 aromatic heterocycles. The van der Waals surface area contributed by atoms with Gasteiger partial charge in [-0.15, -0.1) is 0 Å². The minimum absolute atomic E-state index is 0.00718. The molecule has 1 N–H and O–H groups in total. The largest absolute Gasteiger partial charge is 0.469 e.